The minimum Gasteiger partial charge on any atom is -0.379 e. The topological polar surface area (TPSA) is 85.4 Å². The number of urea groups is 1. The standard InChI is InChI=1S/C26H37N5O4/c1-26(24(33)31(25(34)27-26)15-14-28-16-18-35-19-17-28)21-8-12-30(13-9-21)23(32)20-4-6-22(7-5-20)29-10-2-3-11-29/h4-7,21H,2-3,8-19H2,1H3,(H,27,34)/t26-/m1/s1. The lowest BCUT2D eigenvalue weighted by atomic mass is 9.78. The van der Waals surface area contributed by atoms with Gasteiger partial charge in [0.15, 0.2) is 0 Å². The number of benzene rings is 1. The van der Waals surface area contributed by atoms with Crippen LogP contribution in [0.25, 0.3) is 0 Å². The van der Waals surface area contributed by atoms with Crippen molar-refractivity contribution < 1.29 is 19.1 Å². The normalized spacial score (nSPS) is 26.5. The summed E-state index contributed by atoms with van der Waals surface area (Å²) in [5.41, 5.74) is 0.978. The smallest absolute Gasteiger partial charge is 0.325 e. The Morgan fingerprint density at radius 2 is 1.63 bits per heavy atom. The van der Waals surface area contributed by atoms with E-state index in [1.807, 2.05) is 36.1 Å². The van der Waals surface area contributed by atoms with Gasteiger partial charge in [0.1, 0.15) is 5.54 Å². The molecular formula is C26H37N5O4. The van der Waals surface area contributed by atoms with Crippen LogP contribution in [0.5, 0.6) is 0 Å². The summed E-state index contributed by atoms with van der Waals surface area (Å²) < 4.78 is 5.37. The molecule has 0 aromatic heterocycles. The molecule has 4 amide bonds. The lowest BCUT2D eigenvalue weighted by molar-refractivity contribution is -0.133. The number of ether oxygens (including phenoxy) is 1. The Morgan fingerprint density at radius 1 is 0.971 bits per heavy atom. The molecule has 9 heteroatoms. The number of carbonyl (C=O) groups excluding carboxylic acids is 3. The second-order valence-electron chi connectivity index (χ2n) is 10.4. The Kier molecular flexibility index (Phi) is 6.98. The maximum atomic E-state index is 13.3. The van der Waals surface area contributed by atoms with Crippen LogP contribution in [0, 0.1) is 5.92 Å². The van der Waals surface area contributed by atoms with E-state index in [9.17, 15) is 14.4 Å². The van der Waals surface area contributed by atoms with Crippen molar-refractivity contribution >= 4 is 23.5 Å². The lowest BCUT2D eigenvalue weighted by Crippen LogP contribution is -2.54. The molecule has 1 N–H and O–H groups in total. The highest BCUT2D eigenvalue weighted by molar-refractivity contribution is 6.07. The third kappa shape index (κ3) is 4.89. The van der Waals surface area contributed by atoms with Crippen molar-refractivity contribution in [1.82, 2.24) is 20.0 Å². The summed E-state index contributed by atoms with van der Waals surface area (Å²) in [6.07, 6.45) is 3.83. The molecule has 1 aromatic rings. The van der Waals surface area contributed by atoms with Gasteiger partial charge in [-0.2, -0.15) is 0 Å². The van der Waals surface area contributed by atoms with E-state index < -0.39 is 5.54 Å². The maximum absolute atomic E-state index is 13.3. The Morgan fingerprint density at radius 3 is 2.29 bits per heavy atom. The van der Waals surface area contributed by atoms with Gasteiger partial charge < -0.3 is 19.9 Å². The van der Waals surface area contributed by atoms with Crippen LogP contribution in [0.3, 0.4) is 0 Å². The minimum absolute atomic E-state index is 0.00827. The van der Waals surface area contributed by atoms with Crippen molar-refractivity contribution in [2.45, 2.75) is 38.1 Å². The highest BCUT2D eigenvalue weighted by Crippen LogP contribution is 2.34. The van der Waals surface area contributed by atoms with Crippen molar-refractivity contribution in [2.24, 2.45) is 5.92 Å². The molecule has 9 nitrogen and oxygen atoms in total. The van der Waals surface area contributed by atoms with Gasteiger partial charge in [-0.25, -0.2) is 4.79 Å². The zero-order valence-corrected chi connectivity index (χ0v) is 20.7. The van der Waals surface area contributed by atoms with Gasteiger partial charge in [0.25, 0.3) is 11.8 Å². The fraction of sp³-hybridized carbons (Fsp3) is 0.654. The fourth-order valence-electron chi connectivity index (χ4n) is 5.89. The first kappa shape index (κ1) is 24.1. The molecule has 4 aliphatic heterocycles. The number of hydrogen-bond acceptors (Lipinski definition) is 6. The third-order valence-electron chi connectivity index (χ3n) is 8.23. The minimum atomic E-state index is -0.908. The number of likely N-dealkylation sites (tertiary alicyclic amines) is 1. The number of carbonyl (C=O) groups is 3. The Labute approximate surface area is 207 Å². The van der Waals surface area contributed by atoms with Gasteiger partial charge in [-0.1, -0.05) is 0 Å². The first-order valence-corrected chi connectivity index (χ1v) is 13.0. The van der Waals surface area contributed by atoms with Crippen molar-refractivity contribution in [2.75, 3.05) is 70.5 Å². The molecule has 0 bridgehead atoms. The number of imide groups is 1. The summed E-state index contributed by atoms with van der Waals surface area (Å²) >= 11 is 0. The Balaban J connectivity index is 1.15. The summed E-state index contributed by atoms with van der Waals surface area (Å²) in [4.78, 5) is 46.9. The highest BCUT2D eigenvalue weighted by atomic mass is 16.5. The molecule has 4 saturated heterocycles. The molecule has 4 fully saturated rings. The van der Waals surface area contributed by atoms with Crippen LogP contribution in [0.2, 0.25) is 0 Å². The van der Waals surface area contributed by atoms with Crippen LogP contribution in [0.4, 0.5) is 10.5 Å². The van der Waals surface area contributed by atoms with Crippen molar-refractivity contribution in [1.29, 1.82) is 0 Å². The second-order valence-corrected chi connectivity index (χ2v) is 10.4. The Hall–Kier alpha value is -2.65. The number of morpholine rings is 1. The first-order chi connectivity index (χ1) is 17.0. The quantitative estimate of drug-likeness (QED) is 0.621. The zero-order valence-electron chi connectivity index (χ0n) is 20.7. The molecular weight excluding hydrogens is 446 g/mol. The van der Waals surface area contributed by atoms with E-state index in [1.54, 1.807) is 0 Å². The molecule has 0 aliphatic carbocycles. The van der Waals surface area contributed by atoms with Crippen LogP contribution in [-0.4, -0.2) is 104 Å². The van der Waals surface area contributed by atoms with Gasteiger partial charge in [0.05, 0.1) is 13.2 Å². The SMILES string of the molecule is C[C@]1(C2CCN(C(=O)c3ccc(N4CCCC4)cc3)CC2)NC(=O)N(CCN2CCOCC2)C1=O. The van der Waals surface area contributed by atoms with Gasteiger partial charge in [-0.3, -0.25) is 19.4 Å². The molecule has 0 saturated carbocycles. The van der Waals surface area contributed by atoms with Crippen molar-refractivity contribution in [3.8, 4) is 0 Å². The van der Waals surface area contributed by atoms with Gasteiger partial charge >= 0.3 is 6.03 Å². The van der Waals surface area contributed by atoms with E-state index in [0.29, 0.717) is 57.8 Å². The number of piperidine rings is 1. The predicted molar refractivity (Wildman–Crippen MR) is 132 cm³/mol. The van der Waals surface area contributed by atoms with Crippen LogP contribution < -0.4 is 10.2 Å². The van der Waals surface area contributed by atoms with Crippen LogP contribution in [0.1, 0.15) is 43.0 Å². The van der Waals surface area contributed by atoms with E-state index in [2.05, 4.69) is 15.1 Å². The maximum Gasteiger partial charge on any atom is 0.325 e. The van der Waals surface area contributed by atoms with E-state index in [-0.39, 0.29) is 23.8 Å². The molecule has 1 atom stereocenters. The van der Waals surface area contributed by atoms with E-state index >= 15 is 0 Å². The summed E-state index contributed by atoms with van der Waals surface area (Å²) in [6.45, 7) is 9.29. The fourth-order valence-corrected chi connectivity index (χ4v) is 5.89. The number of nitrogens with one attached hydrogen (secondary N) is 1. The predicted octanol–water partition coefficient (Wildman–Crippen LogP) is 1.78. The number of nitrogens with zero attached hydrogens (tertiary/aromatic N) is 4. The van der Waals surface area contributed by atoms with E-state index in [4.69, 9.17) is 4.74 Å². The summed E-state index contributed by atoms with van der Waals surface area (Å²) in [6, 6.07) is 7.64. The second kappa shape index (κ2) is 10.1. The monoisotopic (exact) mass is 483 g/mol. The zero-order chi connectivity index (χ0) is 24.4. The van der Waals surface area contributed by atoms with Gasteiger partial charge in [-0.05, 0) is 62.8 Å². The number of amides is 4. The first-order valence-electron chi connectivity index (χ1n) is 13.0. The van der Waals surface area contributed by atoms with Gasteiger partial charge in [-0.15, -0.1) is 0 Å². The molecule has 190 valence electrons. The lowest BCUT2D eigenvalue weighted by Gasteiger charge is -2.39. The van der Waals surface area contributed by atoms with Crippen LogP contribution >= 0.6 is 0 Å². The van der Waals surface area contributed by atoms with Crippen molar-refractivity contribution in [3.63, 3.8) is 0 Å². The third-order valence-corrected chi connectivity index (χ3v) is 8.23. The molecule has 35 heavy (non-hydrogen) atoms. The van der Waals surface area contributed by atoms with E-state index in [1.165, 1.54) is 23.4 Å². The molecule has 4 heterocycles. The summed E-state index contributed by atoms with van der Waals surface area (Å²) in [7, 11) is 0. The van der Waals surface area contributed by atoms with Crippen LogP contribution in [0.15, 0.2) is 24.3 Å². The Bertz CT molecular complexity index is 934. The molecule has 0 spiro atoms. The number of anilines is 1. The van der Waals surface area contributed by atoms with Crippen molar-refractivity contribution in [3.05, 3.63) is 29.8 Å². The average Bonchev–Trinajstić information content (AvgIpc) is 3.51. The number of rotatable bonds is 6. The highest BCUT2D eigenvalue weighted by Gasteiger charge is 2.52. The van der Waals surface area contributed by atoms with Gasteiger partial charge in [0.2, 0.25) is 0 Å². The molecule has 0 radical (unpaired) electrons. The molecule has 4 aliphatic rings. The van der Waals surface area contributed by atoms with Gasteiger partial charge in [0, 0.05) is 63.6 Å². The molecule has 0 unspecified atom stereocenters. The number of hydrogen-bond donors (Lipinski definition) is 1. The van der Waals surface area contributed by atoms with E-state index in [0.717, 1.165) is 26.2 Å². The summed E-state index contributed by atoms with van der Waals surface area (Å²) in [5, 5.41) is 2.98. The average molecular weight is 484 g/mol. The molecule has 5 rings (SSSR count). The summed E-state index contributed by atoms with van der Waals surface area (Å²) in [5.74, 6) is -0.0949. The molecule has 1 aromatic carbocycles. The van der Waals surface area contributed by atoms with Crippen LogP contribution in [-0.2, 0) is 9.53 Å². The largest absolute Gasteiger partial charge is 0.379 e.